The SMILES string of the molecule is CC(C)CC(=O)N1CC2(CC(c3nc(-c4ccccc4)no3)N(C)C2)C1. The van der Waals surface area contributed by atoms with Crippen molar-refractivity contribution in [3.63, 3.8) is 0 Å². The summed E-state index contributed by atoms with van der Waals surface area (Å²) in [6, 6.07) is 10.0. The van der Waals surface area contributed by atoms with Crippen molar-refractivity contribution in [2.45, 2.75) is 32.7 Å². The van der Waals surface area contributed by atoms with Crippen LogP contribution in [0.1, 0.15) is 38.6 Å². The van der Waals surface area contributed by atoms with Gasteiger partial charge in [0, 0.05) is 37.0 Å². The maximum Gasteiger partial charge on any atom is 0.244 e. The number of amides is 1. The van der Waals surface area contributed by atoms with Crippen LogP contribution in [0.2, 0.25) is 0 Å². The summed E-state index contributed by atoms with van der Waals surface area (Å²) < 4.78 is 5.58. The lowest BCUT2D eigenvalue weighted by Gasteiger charge is -2.48. The fourth-order valence-electron chi connectivity index (χ4n) is 4.27. The molecule has 26 heavy (non-hydrogen) atoms. The quantitative estimate of drug-likeness (QED) is 0.845. The van der Waals surface area contributed by atoms with Gasteiger partial charge in [-0.25, -0.2) is 0 Å². The molecule has 1 unspecified atom stereocenters. The van der Waals surface area contributed by atoms with E-state index in [9.17, 15) is 4.79 Å². The second-order valence-electron chi connectivity index (χ2n) is 8.31. The molecule has 2 saturated heterocycles. The molecule has 2 aromatic rings. The van der Waals surface area contributed by atoms with Crippen molar-refractivity contribution in [1.29, 1.82) is 0 Å². The van der Waals surface area contributed by atoms with Gasteiger partial charge in [0.15, 0.2) is 0 Å². The summed E-state index contributed by atoms with van der Waals surface area (Å²) in [5.74, 6) is 2.00. The summed E-state index contributed by atoms with van der Waals surface area (Å²) in [7, 11) is 2.10. The predicted octanol–water partition coefficient (Wildman–Crippen LogP) is 2.99. The Hall–Kier alpha value is -2.21. The van der Waals surface area contributed by atoms with E-state index < -0.39 is 0 Å². The molecule has 1 atom stereocenters. The van der Waals surface area contributed by atoms with Crippen molar-refractivity contribution in [2.75, 3.05) is 26.7 Å². The molecular weight excluding hydrogens is 328 g/mol. The number of benzene rings is 1. The minimum absolute atomic E-state index is 0.127. The first-order valence-corrected chi connectivity index (χ1v) is 9.33. The molecule has 2 aliphatic heterocycles. The lowest BCUT2D eigenvalue weighted by atomic mass is 9.77. The van der Waals surface area contributed by atoms with Crippen LogP contribution < -0.4 is 0 Å². The van der Waals surface area contributed by atoms with Gasteiger partial charge >= 0.3 is 0 Å². The topological polar surface area (TPSA) is 62.5 Å². The smallest absolute Gasteiger partial charge is 0.244 e. The second-order valence-corrected chi connectivity index (χ2v) is 8.31. The molecule has 2 fully saturated rings. The predicted molar refractivity (Wildman–Crippen MR) is 98.2 cm³/mol. The van der Waals surface area contributed by atoms with Crippen LogP contribution in [0.25, 0.3) is 11.4 Å². The second kappa shape index (κ2) is 6.50. The fourth-order valence-corrected chi connectivity index (χ4v) is 4.27. The molecule has 1 aromatic heterocycles. The highest BCUT2D eigenvalue weighted by atomic mass is 16.5. The Balaban J connectivity index is 1.43. The minimum Gasteiger partial charge on any atom is -0.341 e. The van der Waals surface area contributed by atoms with Crippen molar-refractivity contribution in [3.8, 4) is 11.4 Å². The van der Waals surface area contributed by atoms with Crippen LogP contribution in [-0.4, -0.2) is 52.5 Å². The van der Waals surface area contributed by atoms with Gasteiger partial charge in [-0.05, 0) is 19.4 Å². The first kappa shape index (κ1) is 17.2. The van der Waals surface area contributed by atoms with E-state index in [4.69, 9.17) is 4.52 Å². The number of hydrogen-bond donors (Lipinski definition) is 0. The van der Waals surface area contributed by atoms with E-state index in [-0.39, 0.29) is 17.4 Å². The van der Waals surface area contributed by atoms with Crippen molar-refractivity contribution >= 4 is 5.91 Å². The molecule has 0 saturated carbocycles. The normalized spacial score (nSPS) is 22.2. The highest BCUT2D eigenvalue weighted by molar-refractivity contribution is 5.77. The average Bonchev–Trinajstić information content (AvgIpc) is 3.18. The van der Waals surface area contributed by atoms with E-state index in [1.54, 1.807) is 0 Å². The van der Waals surface area contributed by atoms with Gasteiger partial charge < -0.3 is 9.42 Å². The van der Waals surface area contributed by atoms with Crippen LogP contribution in [0, 0.1) is 11.3 Å². The molecule has 6 nitrogen and oxygen atoms in total. The number of nitrogens with zero attached hydrogens (tertiary/aromatic N) is 4. The number of hydrogen-bond acceptors (Lipinski definition) is 5. The largest absolute Gasteiger partial charge is 0.341 e. The van der Waals surface area contributed by atoms with Gasteiger partial charge in [-0.2, -0.15) is 4.98 Å². The van der Waals surface area contributed by atoms with Gasteiger partial charge in [0.05, 0.1) is 6.04 Å². The maximum atomic E-state index is 12.2. The van der Waals surface area contributed by atoms with E-state index in [1.165, 1.54) is 0 Å². The van der Waals surface area contributed by atoms with Crippen LogP contribution in [0.15, 0.2) is 34.9 Å². The molecule has 0 aliphatic carbocycles. The molecule has 138 valence electrons. The summed E-state index contributed by atoms with van der Waals surface area (Å²) >= 11 is 0. The van der Waals surface area contributed by atoms with Gasteiger partial charge in [-0.3, -0.25) is 9.69 Å². The molecule has 3 heterocycles. The van der Waals surface area contributed by atoms with Crippen LogP contribution >= 0.6 is 0 Å². The van der Waals surface area contributed by atoms with E-state index in [1.807, 2.05) is 35.2 Å². The van der Waals surface area contributed by atoms with Crippen molar-refractivity contribution < 1.29 is 9.32 Å². The Morgan fingerprint density at radius 2 is 2.00 bits per heavy atom. The van der Waals surface area contributed by atoms with Crippen LogP contribution in [-0.2, 0) is 4.79 Å². The van der Waals surface area contributed by atoms with E-state index in [0.29, 0.717) is 24.1 Å². The number of carbonyl (C=O) groups excluding carboxylic acids is 1. The molecular formula is C20H26N4O2. The molecule has 6 heteroatoms. The van der Waals surface area contributed by atoms with Gasteiger partial charge in [0.25, 0.3) is 0 Å². The molecule has 4 rings (SSSR count). The molecule has 0 radical (unpaired) electrons. The van der Waals surface area contributed by atoms with Crippen LogP contribution in [0.5, 0.6) is 0 Å². The monoisotopic (exact) mass is 354 g/mol. The number of likely N-dealkylation sites (tertiary alicyclic amines) is 2. The average molecular weight is 354 g/mol. The molecule has 1 spiro atoms. The zero-order valence-electron chi connectivity index (χ0n) is 15.7. The standard InChI is InChI=1S/C20H26N4O2/c1-14(2)9-17(25)24-12-20(13-24)10-16(23(3)11-20)19-21-18(22-26-19)15-7-5-4-6-8-15/h4-8,14,16H,9-13H2,1-3H3. The number of carbonyl (C=O) groups is 1. The molecule has 1 amide bonds. The van der Waals surface area contributed by atoms with Crippen molar-refractivity contribution in [3.05, 3.63) is 36.2 Å². The highest BCUT2D eigenvalue weighted by Gasteiger charge is 2.53. The number of aromatic nitrogens is 2. The van der Waals surface area contributed by atoms with Crippen LogP contribution in [0.3, 0.4) is 0 Å². The first-order valence-electron chi connectivity index (χ1n) is 9.33. The zero-order valence-corrected chi connectivity index (χ0v) is 15.7. The third-order valence-corrected chi connectivity index (χ3v) is 5.49. The van der Waals surface area contributed by atoms with E-state index in [0.717, 1.165) is 31.6 Å². The molecule has 1 aromatic carbocycles. The Kier molecular flexibility index (Phi) is 4.31. The van der Waals surface area contributed by atoms with Gasteiger partial charge in [0.1, 0.15) is 0 Å². The van der Waals surface area contributed by atoms with E-state index in [2.05, 4.69) is 35.9 Å². The maximum absolute atomic E-state index is 12.2. The Morgan fingerprint density at radius 3 is 2.69 bits per heavy atom. The Morgan fingerprint density at radius 1 is 1.27 bits per heavy atom. The van der Waals surface area contributed by atoms with Gasteiger partial charge in [-0.15, -0.1) is 0 Å². The van der Waals surface area contributed by atoms with E-state index >= 15 is 0 Å². The zero-order chi connectivity index (χ0) is 18.3. The van der Waals surface area contributed by atoms with Gasteiger partial charge in [0.2, 0.25) is 17.6 Å². The summed E-state index contributed by atoms with van der Waals surface area (Å²) in [5.41, 5.74) is 1.14. The Bertz CT molecular complexity index is 780. The summed E-state index contributed by atoms with van der Waals surface area (Å²) in [5, 5.41) is 4.16. The summed E-state index contributed by atoms with van der Waals surface area (Å²) in [6.45, 7) is 6.84. The van der Waals surface area contributed by atoms with Crippen LogP contribution in [0.4, 0.5) is 0 Å². The fraction of sp³-hybridized carbons (Fsp3) is 0.550. The first-order chi connectivity index (χ1) is 12.5. The Labute approximate surface area is 154 Å². The lowest BCUT2D eigenvalue weighted by molar-refractivity contribution is -0.143. The summed E-state index contributed by atoms with van der Waals surface area (Å²) in [4.78, 5) is 21.2. The number of rotatable bonds is 4. The molecule has 0 N–H and O–H groups in total. The van der Waals surface area contributed by atoms with Crippen molar-refractivity contribution in [2.24, 2.45) is 11.3 Å². The molecule has 2 aliphatic rings. The third-order valence-electron chi connectivity index (χ3n) is 5.49. The van der Waals surface area contributed by atoms with Gasteiger partial charge in [-0.1, -0.05) is 49.3 Å². The summed E-state index contributed by atoms with van der Waals surface area (Å²) in [6.07, 6.45) is 1.60. The molecule has 0 bridgehead atoms. The van der Waals surface area contributed by atoms with Crippen molar-refractivity contribution in [1.82, 2.24) is 19.9 Å². The minimum atomic E-state index is 0.127. The third kappa shape index (κ3) is 3.14. The lowest BCUT2D eigenvalue weighted by Crippen LogP contribution is -2.59. The highest BCUT2D eigenvalue weighted by Crippen LogP contribution is 2.47.